The van der Waals surface area contributed by atoms with Crippen LogP contribution in [-0.2, 0) is 28.5 Å². The van der Waals surface area contributed by atoms with E-state index in [1.165, 1.54) is 26.4 Å². The summed E-state index contributed by atoms with van der Waals surface area (Å²) < 4.78 is 22.5. The van der Waals surface area contributed by atoms with Crippen molar-refractivity contribution in [1.82, 2.24) is 0 Å². The third-order valence-corrected chi connectivity index (χ3v) is 6.37. The van der Waals surface area contributed by atoms with Gasteiger partial charge < -0.3 is 18.9 Å². The summed E-state index contributed by atoms with van der Waals surface area (Å²) in [6.07, 6.45) is 7.98. The number of aliphatic imine (C=N–C) groups is 1. The maximum atomic E-state index is 13.0. The summed E-state index contributed by atoms with van der Waals surface area (Å²) in [5.74, 6) is 10.8. The van der Waals surface area contributed by atoms with Crippen LogP contribution in [0.25, 0.3) is 0 Å². The van der Waals surface area contributed by atoms with Crippen molar-refractivity contribution in [3.63, 3.8) is 0 Å². The quantitative estimate of drug-likeness (QED) is 0.225. The van der Waals surface area contributed by atoms with Crippen LogP contribution in [0.1, 0.15) is 6.92 Å². The number of carbonyl (C=O) groups is 2. The van der Waals surface area contributed by atoms with Crippen molar-refractivity contribution >= 4 is 17.5 Å². The highest BCUT2D eigenvalue weighted by Gasteiger charge is 2.85. The third kappa shape index (κ3) is 2.42. The molecule has 2 heterocycles. The molecule has 0 unspecified atom stereocenters. The molecular formula is C24H19NO6. The first-order valence-electron chi connectivity index (χ1n) is 9.85. The van der Waals surface area contributed by atoms with E-state index in [1.54, 1.807) is 18.2 Å². The summed E-state index contributed by atoms with van der Waals surface area (Å²) in [5, 5.41) is 0. The highest BCUT2D eigenvalue weighted by atomic mass is 16.7. The van der Waals surface area contributed by atoms with Crippen LogP contribution in [0, 0.1) is 35.5 Å². The maximum absolute atomic E-state index is 13.0. The largest absolute Gasteiger partial charge is 0.499 e. The van der Waals surface area contributed by atoms with Gasteiger partial charge in [-0.2, -0.15) is 0 Å². The molecule has 1 saturated heterocycles. The molecule has 3 aliphatic carbocycles. The van der Waals surface area contributed by atoms with Crippen LogP contribution in [-0.4, -0.2) is 55.7 Å². The number of carbonyl (C=O) groups excluding carboxylic acids is 2. The molecule has 0 aromatic rings. The average molecular weight is 417 g/mol. The van der Waals surface area contributed by atoms with Gasteiger partial charge in [-0.25, -0.2) is 4.79 Å². The molecule has 0 N–H and O–H groups in total. The van der Waals surface area contributed by atoms with Gasteiger partial charge in [0.25, 0.3) is 0 Å². The molecule has 0 radical (unpaired) electrons. The van der Waals surface area contributed by atoms with Crippen LogP contribution >= 0.6 is 0 Å². The monoisotopic (exact) mass is 417 g/mol. The molecule has 0 saturated carbocycles. The van der Waals surface area contributed by atoms with Crippen LogP contribution < -0.4 is 0 Å². The summed E-state index contributed by atoms with van der Waals surface area (Å²) >= 11 is 0. The van der Waals surface area contributed by atoms with Crippen LogP contribution in [0.4, 0.5) is 0 Å². The Morgan fingerprint density at radius 2 is 2.00 bits per heavy atom. The van der Waals surface area contributed by atoms with Crippen molar-refractivity contribution in [2.75, 3.05) is 21.0 Å². The van der Waals surface area contributed by atoms with E-state index in [0.717, 1.165) is 0 Å². The number of fused-ring (bicyclic) bond motifs is 1. The Hall–Kier alpha value is -3.39. The van der Waals surface area contributed by atoms with Gasteiger partial charge in [0.2, 0.25) is 0 Å². The van der Waals surface area contributed by atoms with Gasteiger partial charge in [0.05, 0.1) is 18.4 Å². The fraction of sp³-hybridized carbons (Fsp3) is 0.375. The second-order valence-electron chi connectivity index (χ2n) is 7.73. The first kappa shape index (κ1) is 19.6. The van der Waals surface area contributed by atoms with Gasteiger partial charge in [0.1, 0.15) is 28.9 Å². The highest BCUT2D eigenvalue weighted by molar-refractivity contribution is 6.22. The molecule has 0 aromatic carbocycles. The van der Waals surface area contributed by atoms with E-state index in [-0.39, 0.29) is 12.6 Å². The first-order chi connectivity index (χ1) is 15.0. The fourth-order valence-electron chi connectivity index (χ4n) is 5.12. The van der Waals surface area contributed by atoms with Crippen molar-refractivity contribution in [3.05, 3.63) is 47.3 Å². The zero-order chi connectivity index (χ0) is 21.8. The van der Waals surface area contributed by atoms with Gasteiger partial charge in [-0.15, -0.1) is 0 Å². The lowest BCUT2D eigenvalue weighted by Crippen LogP contribution is -2.55. The van der Waals surface area contributed by atoms with E-state index in [1.807, 2.05) is 6.92 Å². The molecule has 7 nitrogen and oxygen atoms in total. The number of hydrogen-bond donors (Lipinski definition) is 0. The highest BCUT2D eigenvalue weighted by Crippen LogP contribution is 2.70. The normalized spacial score (nSPS) is 36.9. The van der Waals surface area contributed by atoms with E-state index >= 15 is 0 Å². The van der Waals surface area contributed by atoms with Crippen molar-refractivity contribution in [1.29, 1.82) is 0 Å². The standard InChI is InChI=1S/C24H19NO6/c1-14-20(22(27)30-13-28-2)21(29-3)16-8-6-4-5-7-9-19-23(14)24(16,31-23)17-12-15(26)10-11-18(17)25-19/h4-5,10-12,14,16,19H,13H2,1-3H3/b5-4-/t14-,16+,19-,23-,24+/m0/s1. The number of rotatable bonds is 4. The van der Waals surface area contributed by atoms with Crippen LogP contribution in [0.2, 0.25) is 0 Å². The molecule has 5 rings (SSSR count). The summed E-state index contributed by atoms with van der Waals surface area (Å²) in [6.45, 7) is 1.67. The van der Waals surface area contributed by atoms with Crippen LogP contribution in [0.5, 0.6) is 0 Å². The van der Waals surface area contributed by atoms with Gasteiger partial charge in [0, 0.05) is 18.6 Å². The molecule has 31 heavy (non-hydrogen) atoms. The van der Waals surface area contributed by atoms with Crippen molar-refractivity contribution < 1.29 is 28.5 Å². The third-order valence-electron chi connectivity index (χ3n) is 6.37. The van der Waals surface area contributed by atoms with Gasteiger partial charge in [-0.1, -0.05) is 30.6 Å². The van der Waals surface area contributed by atoms with Gasteiger partial charge in [0.15, 0.2) is 12.6 Å². The Balaban J connectivity index is 1.79. The first-order valence-corrected chi connectivity index (χ1v) is 9.85. The van der Waals surface area contributed by atoms with Gasteiger partial charge in [-0.3, -0.25) is 9.79 Å². The molecule has 1 fully saturated rings. The molecule has 5 aliphatic rings. The smallest absolute Gasteiger partial charge is 0.339 e. The molecule has 0 amide bonds. The zero-order valence-electron chi connectivity index (χ0n) is 17.2. The van der Waals surface area contributed by atoms with Crippen molar-refractivity contribution in [2.24, 2.45) is 16.8 Å². The summed E-state index contributed by atoms with van der Waals surface area (Å²) in [4.78, 5) is 30.1. The van der Waals surface area contributed by atoms with Crippen molar-refractivity contribution in [3.8, 4) is 23.7 Å². The molecule has 4 bridgehead atoms. The van der Waals surface area contributed by atoms with Crippen LogP contribution in [0.3, 0.4) is 0 Å². The Bertz CT molecular complexity index is 1180. The predicted octanol–water partition coefficient (Wildman–Crippen LogP) is 1.27. The number of ether oxygens (including phenoxy) is 4. The van der Waals surface area contributed by atoms with Crippen LogP contribution in [0.15, 0.2) is 52.3 Å². The Morgan fingerprint density at radius 1 is 1.23 bits per heavy atom. The van der Waals surface area contributed by atoms with Gasteiger partial charge in [-0.05, 0) is 30.4 Å². The fourth-order valence-corrected chi connectivity index (χ4v) is 5.12. The summed E-state index contributed by atoms with van der Waals surface area (Å²) in [5.41, 5.74) is -0.378. The lowest BCUT2D eigenvalue weighted by molar-refractivity contribution is -0.150. The van der Waals surface area contributed by atoms with Crippen molar-refractivity contribution in [2.45, 2.75) is 24.2 Å². The second-order valence-corrected chi connectivity index (χ2v) is 7.73. The molecule has 0 aromatic heterocycles. The predicted molar refractivity (Wildman–Crippen MR) is 109 cm³/mol. The Kier molecular flexibility index (Phi) is 4.30. The minimum Gasteiger partial charge on any atom is -0.499 e. The SMILES string of the molecule is COCOC(=O)C1=C(OC)[C@H]2C#C/C=C\C#C[C@@H]3N=C4C=CC(=O)C=C4[C@]24O[C@@]34[C@H]1C. The zero-order valence-corrected chi connectivity index (χ0v) is 17.2. The number of ketones is 1. The second kappa shape index (κ2) is 6.81. The minimum absolute atomic E-state index is 0.156. The molecule has 0 spiro atoms. The molecule has 2 aliphatic heterocycles. The number of nitrogens with zero attached hydrogens (tertiary/aromatic N) is 1. The van der Waals surface area contributed by atoms with Gasteiger partial charge >= 0.3 is 5.97 Å². The molecule has 156 valence electrons. The Morgan fingerprint density at radius 3 is 2.74 bits per heavy atom. The lowest BCUT2D eigenvalue weighted by atomic mass is 9.59. The average Bonchev–Trinajstić information content (AvgIpc) is 3.49. The van der Waals surface area contributed by atoms with E-state index in [9.17, 15) is 9.59 Å². The number of hydrogen-bond acceptors (Lipinski definition) is 7. The van der Waals surface area contributed by atoms with E-state index < -0.39 is 35.0 Å². The van der Waals surface area contributed by atoms with E-state index in [2.05, 4.69) is 23.7 Å². The number of epoxide rings is 1. The summed E-state index contributed by atoms with van der Waals surface area (Å²) in [6, 6.07) is -0.566. The number of esters is 1. The number of methoxy groups -OCH3 is 2. The maximum Gasteiger partial charge on any atom is 0.339 e. The molecular weight excluding hydrogens is 398 g/mol. The van der Waals surface area contributed by atoms with E-state index in [4.69, 9.17) is 23.9 Å². The van der Waals surface area contributed by atoms with E-state index in [0.29, 0.717) is 22.6 Å². The summed E-state index contributed by atoms with van der Waals surface area (Å²) in [7, 11) is 2.93. The minimum atomic E-state index is -1.00. The topological polar surface area (TPSA) is 86.7 Å². The molecule has 7 heteroatoms. The Labute approximate surface area is 179 Å². The number of allylic oxidation sites excluding steroid dienone is 5. The lowest BCUT2D eigenvalue weighted by Gasteiger charge is -2.41. The molecule has 5 atom stereocenters.